The van der Waals surface area contributed by atoms with E-state index in [1.807, 2.05) is 18.2 Å². The maximum Gasteiger partial charge on any atom is 0.282 e. The molecule has 32 heavy (non-hydrogen) atoms. The normalized spacial score (nSPS) is 12.7. The Labute approximate surface area is 181 Å². The molecule has 4 aromatic rings. The van der Waals surface area contributed by atoms with E-state index < -0.39 is 4.92 Å². The average molecular weight is 431 g/mol. The van der Waals surface area contributed by atoms with Crippen molar-refractivity contribution in [2.45, 2.75) is 13.3 Å². The van der Waals surface area contributed by atoms with E-state index in [4.69, 9.17) is 13.9 Å². The number of ether oxygens (including phenoxy) is 2. The number of aromatic nitrogens is 1. The van der Waals surface area contributed by atoms with Gasteiger partial charge in [0.1, 0.15) is 11.3 Å². The second kappa shape index (κ2) is 7.69. The van der Waals surface area contributed by atoms with Gasteiger partial charge in [-0.3, -0.25) is 15.1 Å². The minimum Gasteiger partial charge on any atom is -0.507 e. The lowest BCUT2D eigenvalue weighted by molar-refractivity contribution is -0.385. The molecule has 0 amide bonds. The van der Waals surface area contributed by atoms with Gasteiger partial charge in [-0.15, -0.1) is 0 Å². The van der Waals surface area contributed by atoms with Crippen molar-refractivity contribution in [2.24, 2.45) is 4.99 Å². The summed E-state index contributed by atoms with van der Waals surface area (Å²) in [7, 11) is 0. The van der Waals surface area contributed by atoms with Crippen LogP contribution in [0.3, 0.4) is 0 Å². The third kappa shape index (κ3) is 3.49. The van der Waals surface area contributed by atoms with Gasteiger partial charge in [0.15, 0.2) is 17.1 Å². The molecule has 9 nitrogen and oxygen atoms in total. The first-order chi connectivity index (χ1) is 15.5. The summed E-state index contributed by atoms with van der Waals surface area (Å²) in [4.78, 5) is 19.8. The van der Waals surface area contributed by atoms with Crippen LogP contribution in [-0.2, 0) is 6.42 Å². The van der Waals surface area contributed by atoms with E-state index in [1.54, 1.807) is 12.1 Å². The van der Waals surface area contributed by atoms with E-state index in [0.717, 1.165) is 12.0 Å². The quantitative estimate of drug-likeness (QED) is 0.263. The molecular weight excluding hydrogens is 414 g/mol. The van der Waals surface area contributed by atoms with Crippen molar-refractivity contribution in [3.63, 3.8) is 0 Å². The molecule has 2 heterocycles. The van der Waals surface area contributed by atoms with Crippen molar-refractivity contribution >= 4 is 28.7 Å². The van der Waals surface area contributed by atoms with Gasteiger partial charge in [-0.25, -0.2) is 4.98 Å². The number of hydrogen-bond acceptors (Lipinski definition) is 8. The highest BCUT2D eigenvalue weighted by atomic mass is 16.7. The van der Waals surface area contributed by atoms with Gasteiger partial charge in [-0.2, -0.15) is 0 Å². The molecule has 1 aliphatic heterocycles. The highest BCUT2D eigenvalue weighted by molar-refractivity contribution is 5.89. The van der Waals surface area contributed by atoms with Gasteiger partial charge in [-0.05, 0) is 48.4 Å². The number of aliphatic imine (C=N–C) groups is 1. The van der Waals surface area contributed by atoms with Crippen LogP contribution >= 0.6 is 0 Å². The number of rotatable bonds is 5. The average Bonchev–Trinajstić information content (AvgIpc) is 3.43. The van der Waals surface area contributed by atoms with Gasteiger partial charge in [0.2, 0.25) is 12.7 Å². The highest BCUT2D eigenvalue weighted by Crippen LogP contribution is 2.38. The number of aromatic hydroxyl groups is 1. The molecule has 0 radical (unpaired) electrons. The molecule has 3 aromatic carbocycles. The molecule has 9 heteroatoms. The summed E-state index contributed by atoms with van der Waals surface area (Å²) in [5.41, 5.74) is 3.39. The molecule has 0 fully saturated rings. The maximum atomic E-state index is 11.4. The molecule has 0 spiro atoms. The predicted molar refractivity (Wildman–Crippen MR) is 117 cm³/mol. The van der Waals surface area contributed by atoms with Crippen molar-refractivity contribution < 1.29 is 23.9 Å². The van der Waals surface area contributed by atoms with E-state index in [0.29, 0.717) is 33.8 Å². The lowest BCUT2D eigenvalue weighted by Crippen LogP contribution is -1.94. The molecular formula is C23H17N3O6. The van der Waals surface area contributed by atoms with Crippen LogP contribution in [0.4, 0.5) is 11.4 Å². The molecule has 0 saturated carbocycles. The molecule has 0 atom stereocenters. The summed E-state index contributed by atoms with van der Waals surface area (Å²) in [5, 5.41) is 21.8. The Balaban J connectivity index is 1.51. The maximum absolute atomic E-state index is 11.4. The van der Waals surface area contributed by atoms with E-state index >= 15 is 0 Å². The fourth-order valence-electron chi connectivity index (χ4n) is 3.44. The van der Waals surface area contributed by atoms with Gasteiger partial charge >= 0.3 is 0 Å². The molecule has 0 aliphatic carbocycles. The van der Waals surface area contributed by atoms with Gasteiger partial charge in [0.25, 0.3) is 5.69 Å². The molecule has 1 aliphatic rings. The third-order valence-corrected chi connectivity index (χ3v) is 5.14. The van der Waals surface area contributed by atoms with Crippen LogP contribution in [0.5, 0.6) is 17.2 Å². The molecule has 0 bridgehead atoms. The molecule has 1 aromatic heterocycles. The molecule has 160 valence electrons. The topological polar surface area (TPSA) is 120 Å². The van der Waals surface area contributed by atoms with Crippen molar-refractivity contribution in [3.8, 4) is 28.7 Å². The number of benzene rings is 3. The summed E-state index contributed by atoms with van der Waals surface area (Å²) in [5.74, 6) is 0.987. The SMILES string of the molecule is CCc1ccc2oc(-c3cc(N=Cc4cc5c(cc4[N+](=O)[O-])OCO5)ccc3O)nc2c1. The zero-order valence-corrected chi connectivity index (χ0v) is 16.9. The summed E-state index contributed by atoms with van der Waals surface area (Å²) < 4.78 is 16.3. The number of fused-ring (bicyclic) bond motifs is 2. The Hall–Kier alpha value is -4.40. The third-order valence-electron chi connectivity index (χ3n) is 5.14. The number of nitro benzene ring substituents is 1. The van der Waals surface area contributed by atoms with E-state index in [-0.39, 0.29) is 29.7 Å². The number of phenols is 1. The zero-order valence-electron chi connectivity index (χ0n) is 16.9. The van der Waals surface area contributed by atoms with Crippen molar-refractivity contribution in [3.05, 3.63) is 69.8 Å². The van der Waals surface area contributed by atoms with Crippen LogP contribution in [0.15, 0.2) is 57.9 Å². The molecule has 0 saturated heterocycles. The van der Waals surface area contributed by atoms with Gasteiger partial charge in [0.05, 0.1) is 27.8 Å². The molecule has 5 rings (SSSR count). The Morgan fingerprint density at radius 3 is 2.75 bits per heavy atom. The minimum absolute atomic E-state index is 0.0126. The number of nitrogens with zero attached hydrogens (tertiary/aromatic N) is 3. The second-order valence-electron chi connectivity index (χ2n) is 7.16. The number of aryl methyl sites for hydroxylation is 1. The van der Waals surface area contributed by atoms with Crippen molar-refractivity contribution in [1.29, 1.82) is 0 Å². The molecule has 0 unspecified atom stereocenters. The van der Waals surface area contributed by atoms with Crippen molar-refractivity contribution in [2.75, 3.05) is 6.79 Å². The lowest BCUT2D eigenvalue weighted by atomic mass is 10.1. The Bertz CT molecular complexity index is 1390. The predicted octanol–water partition coefficient (Wildman–Crippen LogP) is 5.15. The summed E-state index contributed by atoms with van der Waals surface area (Å²) in [6, 6.07) is 13.3. The Kier molecular flexibility index (Phi) is 4.70. The standard InChI is InChI=1S/C23H17N3O6/c1-2-13-3-6-20-17(7-13)25-23(32-20)16-9-15(4-5-19(16)27)24-11-14-8-21-22(31-12-30-21)10-18(14)26(28)29/h3-11,27H,2,12H2,1H3. The smallest absolute Gasteiger partial charge is 0.282 e. The van der Waals surface area contributed by atoms with E-state index in [9.17, 15) is 15.2 Å². The van der Waals surface area contributed by atoms with Crippen LogP contribution in [0.25, 0.3) is 22.6 Å². The first-order valence-corrected chi connectivity index (χ1v) is 9.87. The molecule has 1 N–H and O–H groups in total. The lowest BCUT2D eigenvalue weighted by Gasteiger charge is -2.03. The van der Waals surface area contributed by atoms with Crippen LogP contribution < -0.4 is 9.47 Å². The van der Waals surface area contributed by atoms with Crippen LogP contribution in [0.1, 0.15) is 18.1 Å². The van der Waals surface area contributed by atoms with Crippen LogP contribution in [0.2, 0.25) is 0 Å². The minimum atomic E-state index is -0.506. The summed E-state index contributed by atoms with van der Waals surface area (Å²) in [6.45, 7) is 2.07. The largest absolute Gasteiger partial charge is 0.507 e. The fraction of sp³-hybridized carbons (Fsp3) is 0.130. The number of hydrogen-bond donors (Lipinski definition) is 1. The van der Waals surface area contributed by atoms with Crippen molar-refractivity contribution in [1.82, 2.24) is 4.98 Å². The monoisotopic (exact) mass is 431 g/mol. The van der Waals surface area contributed by atoms with Gasteiger partial charge in [0, 0.05) is 6.21 Å². The first kappa shape index (κ1) is 19.6. The Morgan fingerprint density at radius 2 is 1.97 bits per heavy atom. The first-order valence-electron chi connectivity index (χ1n) is 9.87. The van der Waals surface area contributed by atoms with E-state index in [2.05, 4.69) is 16.9 Å². The Morgan fingerprint density at radius 1 is 1.16 bits per heavy atom. The number of nitro groups is 1. The zero-order chi connectivity index (χ0) is 22.2. The van der Waals surface area contributed by atoms with Gasteiger partial charge < -0.3 is 19.0 Å². The fourth-order valence-corrected chi connectivity index (χ4v) is 3.44. The van der Waals surface area contributed by atoms with Gasteiger partial charge in [-0.1, -0.05) is 13.0 Å². The highest BCUT2D eigenvalue weighted by Gasteiger charge is 2.22. The summed E-state index contributed by atoms with van der Waals surface area (Å²) in [6.07, 6.45) is 2.25. The van der Waals surface area contributed by atoms with Crippen LogP contribution in [0, 0.1) is 10.1 Å². The second-order valence-corrected chi connectivity index (χ2v) is 7.16. The number of phenolic OH excluding ortho intramolecular Hbond substituents is 1. The van der Waals surface area contributed by atoms with E-state index in [1.165, 1.54) is 24.4 Å². The number of oxazole rings is 1. The summed E-state index contributed by atoms with van der Waals surface area (Å²) >= 11 is 0. The van der Waals surface area contributed by atoms with Crippen LogP contribution in [-0.4, -0.2) is 28.0 Å².